The SMILES string of the molecule is CCOc1ccc(C[NH+](C)CN2C(=O)NC3(CCC(C(C)(C)C)CC3)C2=O)cc1. The van der Waals surface area contributed by atoms with Crippen LogP contribution in [-0.4, -0.2) is 42.7 Å². The minimum Gasteiger partial charge on any atom is -0.494 e. The average Bonchev–Trinajstić information content (AvgIpc) is 2.87. The number of hydrogen-bond acceptors (Lipinski definition) is 3. The van der Waals surface area contributed by atoms with Gasteiger partial charge in [-0.3, -0.25) is 4.79 Å². The van der Waals surface area contributed by atoms with E-state index in [9.17, 15) is 9.59 Å². The molecule has 1 atom stereocenters. The van der Waals surface area contributed by atoms with Gasteiger partial charge in [-0.15, -0.1) is 0 Å². The van der Waals surface area contributed by atoms with Crippen LogP contribution >= 0.6 is 0 Å². The molecule has 1 aliphatic carbocycles. The quantitative estimate of drug-likeness (QED) is 0.719. The molecule has 3 rings (SSSR count). The van der Waals surface area contributed by atoms with E-state index < -0.39 is 5.54 Å². The first-order valence-corrected chi connectivity index (χ1v) is 10.8. The predicted molar refractivity (Wildman–Crippen MR) is 113 cm³/mol. The zero-order chi connectivity index (χ0) is 21.2. The number of benzene rings is 1. The minimum atomic E-state index is -0.682. The van der Waals surface area contributed by atoms with Crippen molar-refractivity contribution in [2.45, 2.75) is 65.5 Å². The number of rotatable bonds is 6. The molecule has 2 N–H and O–H groups in total. The highest BCUT2D eigenvalue weighted by atomic mass is 16.5. The van der Waals surface area contributed by atoms with Crippen molar-refractivity contribution in [1.82, 2.24) is 10.2 Å². The Hall–Kier alpha value is -2.08. The first kappa shape index (κ1) is 21.6. The normalized spacial score (nSPS) is 26.0. The van der Waals surface area contributed by atoms with E-state index in [4.69, 9.17) is 4.74 Å². The molecule has 1 saturated heterocycles. The molecule has 1 unspecified atom stereocenters. The summed E-state index contributed by atoms with van der Waals surface area (Å²) in [7, 11) is 2.01. The van der Waals surface area contributed by atoms with Gasteiger partial charge in [-0.1, -0.05) is 20.8 Å². The highest BCUT2D eigenvalue weighted by molar-refractivity contribution is 6.06. The van der Waals surface area contributed by atoms with Crippen LogP contribution in [0.2, 0.25) is 0 Å². The highest BCUT2D eigenvalue weighted by Gasteiger charge is 2.53. The maximum absolute atomic E-state index is 13.2. The molecule has 0 bridgehead atoms. The lowest BCUT2D eigenvalue weighted by Crippen LogP contribution is -3.09. The average molecular weight is 403 g/mol. The Morgan fingerprint density at radius 2 is 1.79 bits per heavy atom. The van der Waals surface area contributed by atoms with E-state index in [0.717, 1.165) is 48.4 Å². The number of urea groups is 1. The van der Waals surface area contributed by atoms with Crippen molar-refractivity contribution in [3.63, 3.8) is 0 Å². The number of carbonyl (C=O) groups excluding carboxylic acids is 2. The number of hydrogen-bond donors (Lipinski definition) is 2. The topological polar surface area (TPSA) is 63.1 Å². The van der Waals surface area contributed by atoms with Crippen LogP contribution in [0.1, 0.15) is 58.9 Å². The maximum atomic E-state index is 13.2. The molecule has 1 aromatic carbocycles. The molecule has 0 radical (unpaired) electrons. The number of ether oxygens (including phenoxy) is 1. The zero-order valence-electron chi connectivity index (χ0n) is 18.5. The molecule has 6 nitrogen and oxygen atoms in total. The van der Waals surface area contributed by atoms with Crippen LogP contribution in [0.15, 0.2) is 24.3 Å². The molecule has 1 spiro atoms. The Morgan fingerprint density at radius 3 is 2.34 bits per heavy atom. The smallest absolute Gasteiger partial charge is 0.329 e. The third-order valence-electron chi connectivity index (χ3n) is 6.48. The molecule has 2 aliphatic rings. The molecule has 1 aliphatic heterocycles. The Labute approximate surface area is 174 Å². The summed E-state index contributed by atoms with van der Waals surface area (Å²) in [6.45, 7) is 10.5. The zero-order valence-corrected chi connectivity index (χ0v) is 18.5. The molecule has 6 heteroatoms. The number of quaternary nitrogens is 1. The van der Waals surface area contributed by atoms with Gasteiger partial charge < -0.3 is 15.0 Å². The Morgan fingerprint density at radius 1 is 1.17 bits per heavy atom. The van der Waals surface area contributed by atoms with Crippen LogP contribution in [0.5, 0.6) is 5.75 Å². The third-order valence-corrected chi connectivity index (χ3v) is 6.48. The van der Waals surface area contributed by atoms with Crippen LogP contribution in [-0.2, 0) is 11.3 Å². The largest absolute Gasteiger partial charge is 0.494 e. The standard InChI is InChI=1S/C23H35N3O3/c1-6-29-19-9-7-17(8-10-19)15-25(5)16-26-20(27)23(24-21(26)28)13-11-18(12-14-23)22(2,3)4/h7-10,18H,6,11-16H2,1-5H3,(H,24,28)/p+1. The van der Waals surface area contributed by atoms with Crippen LogP contribution < -0.4 is 15.0 Å². The van der Waals surface area contributed by atoms with Gasteiger partial charge in [0.15, 0.2) is 6.67 Å². The summed E-state index contributed by atoms with van der Waals surface area (Å²) >= 11 is 0. The van der Waals surface area contributed by atoms with Crippen molar-refractivity contribution in [3.05, 3.63) is 29.8 Å². The maximum Gasteiger partial charge on any atom is 0.329 e. The van der Waals surface area contributed by atoms with Crippen molar-refractivity contribution >= 4 is 11.9 Å². The first-order chi connectivity index (χ1) is 13.6. The van der Waals surface area contributed by atoms with Crippen LogP contribution in [0.4, 0.5) is 4.79 Å². The van der Waals surface area contributed by atoms with Gasteiger partial charge in [0.05, 0.1) is 13.7 Å². The summed E-state index contributed by atoms with van der Waals surface area (Å²) in [5.41, 5.74) is 0.714. The molecule has 160 valence electrons. The van der Waals surface area contributed by atoms with Gasteiger partial charge in [0, 0.05) is 5.56 Å². The lowest BCUT2D eigenvalue weighted by atomic mass is 9.67. The molecule has 1 heterocycles. The minimum absolute atomic E-state index is 0.0408. The molecule has 29 heavy (non-hydrogen) atoms. The summed E-state index contributed by atoms with van der Waals surface area (Å²) in [4.78, 5) is 28.3. The summed E-state index contributed by atoms with van der Waals surface area (Å²) in [6, 6.07) is 7.76. The molecule has 3 amide bonds. The number of carbonyl (C=O) groups is 2. The third kappa shape index (κ3) is 4.74. The summed E-state index contributed by atoms with van der Waals surface area (Å²) in [5.74, 6) is 1.41. The fourth-order valence-electron chi connectivity index (χ4n) is 4.68. The van der Waals surface area contributed by atoms with Crippen molar-refractivity contribution in [2.75, 3.05) is 20.3 Å². The van der Waals surface area contributed by atoms with Crippen molar-refractivity contribution < 1.29 is 19.2 Å². The van der Waals surface area contributed by atoms with E-state index in [2.05, 4.69) is 26.1 Å². The van der Waals surface area contributed by atoms with Crippen LogP contribution in [0.25, 0.3) is 0 Å². The lowest BCUT2D eigenvalue weighted by molar-refractivity contribution is -0.901. The Balaban J connectivity index is 1.58. The summed E-state index contributed by atoms with van der Waals surface area (Å²) in [6.07, 6.45) is 3.46. The van der Waals surface area contributed by atoms with E-state index in [0.29, 0.717) is 19.2 Å². The fourth-order valence-corrected chi connectivity index (χ4v) is 4.68. The van der Waals surface area contributed by atoms with Gasteiger partial charge in [-0.2, -0.15) is 0 Å². The van der Waals surface area contributed by atoms with Crippen molar-refractivity contribution in [3.8, 4) is 5.75 Å². The number of nitrogens with zero attached hydrogens (tertiary/aromatic N) is 1. The Bertz CT molecular complexity index is 731. The number of nitrogens with one attached hydrogen (secondary N) is 2. The lowest BCUT2D eigenvalue weighted by Gasteiger charge is -2.40. The molecular formula is C23H36N3O3+. The first-order valence-electron chi connectivity index (χ1n) is 10.8. The van der Waals surface area contributed by atoms with Gasteiger partial charge in [0.25, 0.3) is 5.91 Å². The Kier molecular flexibility index (Phi) is 6.22. The van der Waals surface area contributed by atoms with E-state index in [1.54, 1.807) is 0 Å². The highest BCUT2D eigenvalue weighted by Crippen LogP contribution is 2.43. The molecule has 1 aromatic rings. The van der Waals surface area contributed by atoms with Crippen LogP contribution in [0.3, 0.4) is 0 Å². The van der Waals surface area contributed by atoms with Crippen LogP contribution in [0, 0.1) is 11.3 Å². The number of amides is 3. The molecular weight excluding hydrogens is 366 g/mol. The van der Waals surface area contributed by atoms with Gasteiger partial charge in [0.1, 0.15) is 17.8 Å². The summed E-state index contributed by atoms with van der Waals surface area (Å²) in [5, 5.41) is 3.04. The molecule has 1 saturated carbocycles. The number of imide groups is 1. The van der Waals surface area contributed by atoms with Gasteiger partial charge in [0.2, 0.25) is 0 Å². The van der Waals surface area contributed by atoms with E-state index in [1.807, 2.05) is 38.2 Å². The summed E-state index contributed by atoms with van der Waals surface area (Å²) < 4.78 is 5.48. The molecule has 0 aromatic heterocycles. The second-order valence-corrected chi connectivity index (χ2v) is 9.75. The fraction of sp³-hybridized carbons (Fsp3) is 0.652. The van der Waals surface area contributed by atoms with E-state index >= 15 is 0 Å². The van der Waals surface area contributed by atoms with Crippen molar-refractivity contribution in [1.29, 1.82) is 0 Å². The van der Waals surface area contributed by atoms with E-state index in [1.165, 1.54) is 4.90 Å². The molecule has 2 fully saturated rings. The second kappa shape index (κ2) is 8.34. The second-order valence-electron chi connectivity index (χ2n) is 9.75. The van der Waals surface area contributed by atoms with Gasteiger partial charge in [-0.05, 0) is 68.2 Å². The van der Waals surface area contributed by atoms with Gasteiger partial charge >= 0.3 is 6.03 Å². The monoisotopic (exact) mass is 402 g/mol. The predicted octanol–water partition coefficient (Wildman–Crippen LogP) is 2.58. The van der Waals surface area contributed by atoms with Crippen molar-refractivity contribution in [2.24, 2.45) is 11.3 Å². The van der Waals surface area contributed by atoms with Gasteiger partial charge in [-0.25, -0.2) is 9.69 Å². The van der Waals surface area contributed by atoms with E-state index in [-0.39, 0.29) is 17.4 Å².